The number of halogens is 1. The number of phenols is 1. The molecule has 11 nitrogen and oxygen atoms in total. The maximum atomic E-state index is 13.5. The second kappa shape index (κ2) is 19.6. The van der Waals surface area contributed by atoms with Gasteiger partial charge in [0.1, 0.15) is 35.4 Å². The Bertz CT molecular complexity index is 1550. The molecule has 4 atom stereocenters. The van der Waals surface area contributed by atoms with Crippen molar-refractivity contribution in [1.29, 1.82) is 0 Å². The summed E-state index contributed by atoms with van der Waals surface area (Å²) in [7, 11) is 1.57. The van der Waals surface area contributed by atoms with E-state index in [4.69, 9.17) is 20.4 Å². The third kappa shape index (κ3) is 11.9. The topological polar surface area (TPSA) is 191 Å². The maximum absolute atomic E-state index is 13.5. The summed E-state index contributed by atoms with van der Waals surface area (Å²) in [4.78, 5) is 26.4. The number of rotatable bonds is 13. The molecule has 49 heavy (non-hydrogen) atoms. The lowest BCUT2D eigenvalue weighted by molar-refractivity contribution is -0.113. The average molecular weight is 681 g/mol. The molecule has 12 heteroatoms. The molecule has 0 aromatic heterocycles. The molecule has 0 heterocycles. The fourth-order valence-corrected chi connectivity index (χ4v) is 5.48. The Labute approximate surface area is 285 Å². The maximum Gasteiger partial charge on any atom is 0.339 e. The van der Waals surface area contributed by atoms with Gasteiger partial charge in [0, 0.05) is 41.5 Å². The summed E-state index contributed by atoms with van der Waals surface area (Å²) in [5, 5.41) is 66.9. The highest BCUT2D eigenvalue weighted by molar-refractivity contribution is 6.06. The number of carboxylic acid groups (broad SMARTS) is 1. The van der Waals surface area contributed by atoms with E-state index in [0.29, 0.717) is 34.8 Å². The van der Waals surface area contributed by atoms with Crippen molar-refractivity contribution in [3.05, 3.63) is 94.8 Å². The summed E-state index contributed by atoms with van der Waals surface area (Å²) in [5.41, 5.74) is 2.11. The molecule has 0 bridgehead atoms. The van der Waals surface area contributed by atoms with Gasteiger partial charge in [-0.3, -0.25) is 4.79 Å². The van der Waals surface area contributed by atoms with Gasteiger partial charge in [-0.25, -0.2) is 9.18 Å². The highest BCUT2D eigenvalue weighted by atomic mass is 19.1. The lowest BCUT2D eigenvalue weighted by Crippen LogP contribution is -2.48. The van der Waals surface area contributed by atoms with E-state index in [1.165, 1.54) is 49.9 Å². The fourth-order valence-electron chi connectivity index (χ4n) is 5.48. The van der Waals surface area contributed by atoms with Crippen molar-refractivity contribution >= 4 is 17.6 Å². The van der Waals surface area contributed by atoms with Crippen molar-refractivity contribution in [2.75, 3.05) is 31.6 Å². The SMILES string of the molecule is CNC[C@H](O)[C@@H](O)[C@H](O)[C@H](O)CO.O=C(O)c1ccc(N(CCCC2CCCC2)C(=O)c2ccc(C#Cc3ccc(F)cc3)cc2)cc1O. The van der Waals surface area contributed by atoms with Crippen molar-refractivity contribution in [3.63, 3.8) is 0 Å². The highest BCUT2D eigenvalue weighted by Crippen LogP contribution is 2.30. The van der Waals surface area contributed by atoms with Gasteiger partial charge in [0.2, 0.25) is 0 Å². The Morgan fingerprint density at radius 3 is 2.00 bits per heavy atom. The monoisotopic (exact) mass is 680 g/mol. The number of hydrogen-bond acceptors (Lipinski definition) is 9. The van der Waals surface area contributed by atoms with Crippen molar-refractivity contribution in [3.8, 4) is 17.6 Å². The number of aliphatic hydroxyl groups is 5. The zero-order valence-electron chi connectivity index (χ0n) is 27.4. The standard InChI is InChI=1S/C30H28FNO4.C7H17NO5/c31-25-15-11-23(12-16-25)8-7-22-9-13-24(14-10-22)29(34)32(19-3-6-21-4-1-2-5-21)26-17-18-27(30(35)36)28(33)20-26;1-8-2-4(10)6(12)7(13)5(11)3-9/h9-18,20-21,33H,1-6,19H2,(H,35,36);4-13H,2-3H2,1H3/t;4-,5+,6+,7+/m.0/s1. The van der Waals surface area contributed by atoms with E-state index in [1.54, 1.807) is 54.4 Å². The van der Waals surface area contributed by atoms with Crippen LogP contribution in [0.3, 0.4) is 0 Å². The molecule has 0 saturated heterocycles. The van der Waals surface area contributed by atoms with Gasteiger partial charge in [0.05, 0.1) is 12.7 Å². The predicted octanol–water partition coefficient (Wildman–Crippen LogP) is 2.89. The lowest BCUT2D eigenvalue weighted by atomic mass is 10.0. The lowest BCUT2D eigenvalue weighted by Gasteiger charge is -2.25. The summed E-state index contributed by atoms with van der Waals surface area (Å²) in [5.74, 6) is 4.51. The van der Waals surface area contributed by atoms with Crippen LogP contribution in [0.25, 0.3) is 0 Å². The first-order chi connectivity index (χ1) is 23.4. The predicted molar refractivity (Wildman–Crippen MR) is 182 cm³/mol. The Kier molecular flexibility index (Phi) is 15.6. The molecule has 0 unspecified atom stereocenters. The van der Waals surface area contributed by atoms with Gasteiger partial charge in [0.25, 0.3) is 5.91 Å². The van der Waals surface area contributed by atoms with Crippen LogP contribution >= 0.6 is 0 Å². The summed E-state index contributed by atoms with van der Waals surface area (Å²) in [6.07, 6.45) is 1.17. The second-order valence-electron chi connectivity index (χ2n) is 11.9. The third-order valence-corrected chi connectivity index (χ3v) is 8.30. The molecule has 0 radical (unpaired) electrons. The van der Waals surface area contributed by atoms with Crippen molar-refractivity contribution in [1.82, 2.24) is 5.32 Å². The zero-order valence-corrected chi connectivity index (χ0v) is 27.4. The molecular formula is C37H45FN2O9. The molecule has 3 aromatic carbocycles. The summed E-state index contributed by atoms with van der Waals surface area (Å²) in [6, 6.07) is 17.0. The number of aliphatic hydroxyl groups excluding tert-OH is 5. The van der Waals surface area contributed by atoms with Crippen LogP contribution in [0.5, 0.6) is 5.75 Å². The number of aromatic hydroxyl groups is 1. The van der Waals surface area contributed by atoms with Crippen LogP contribution in [-0.2, 0) is 0 Å². The van der Waals surface area contributed by atoms with Gasteiger partial charge in [-0.2, -0.15) is 0 Å². The Balaban J connectivity index is 0.000000425. The van der Waals surface area contributed by atoms with Gasteiger partial charge in [0.15, 0.2) is 0 Å². The molecule has 0 spiro atoms. The molecule has 3 aromatic rings. The van der Waals surface area contributed by atoms with E-state index >= 15 is 0 Å². The zero-order chi connectivity index (χ0) is 35.9. The summed E-state index contributed by atoms with van der Waals surface area (Å²) in [6.45, 7) is -0.103. The van der Waals surface area contributed by atoms with E-state index < -0.39 is 37.0 Å². The highest BCUT2D eigenvalue weighted by Gasteiger charge is 2.29. The molecule has 4 rings (SSSR count). The van der Waals surface area contributed by atoms with E-state index in [2.05, 4.69) is 17.2 Å². The number of anilines is 1. The van der Waals surface area contributed by atoms with E-state index in [0.717, 1.165) is 12.8 Å². The minimum Gasteiger partial charge on any atom is -0.507 e. The van der Waals surface area contributed by atoms with E-state index in [9.17, 15) is 29.3 Å². The fraction of sp³-hybridized carbons (Fsp3) is 0.405. The van der Waals surface area contributed by atoms with Crippen LogP contribution in [0.1, 0.15) is 70.4 Å². The smallest absolute Gasteiger partial charge is 0.339 e. The van der Waals surface area contributed by atoms with Crippen LogP contribution in [-0.4, -0.2) is 98.8 Å². The number of nitrogens with one attached hydrogen (secondary N) is 1. The van der Waals surface area contributed by atoms with Crippen LogP contribution in [0, 0.1) is 23.6 Å². The number of hydrogen-bond donors (Lipinski definition) is 8. The summed E-state index contributed by atoms with van der Waals surface area (Å²) < 4.78 is 13.1. The minimum atomic E-state index is -1.55. The molecule has 0 aliphatic heterocycles. The van der Waals surface area contributed by atoms with Gasteiger partial charge in [-0.15, -0.1) is 0 Å². The van der Waals surface area contributed by atoms with Crippen LogP contribution in [0.2, 0.25) is 0 Å². The number of carbonyl (C=O) groups excluding carboxylic acids is 1. The number of amides is 1. The van der Waals surface area contributed by atoms with Gasteiger partial charge >= 0.3 is 5.97 Å². The first-order valence-corrected chi connectivity index (χ1v) is 16.2. The number of benzene rings is 3. The van der Waals surface area contributed by atoms with E-state index in [-0.39, 0.29) is 29.6 Å². The number of aromatic carboxylic acids is 1. The number of nitrogens with zero attached hydrogens (tertiary/aromatic N) is 1. The van der Waals surface area contributed by atoms with Gasteiger partial charge < -0.3 is 46.0 Å². The second-order valence-corrected chi connectivity index (χ2v) is 11.9. The molecule has 264 valence electrons. The first kappa shape index (κ1) is 39.1. The third-order valence-electron chi connectivity index (χ3n) is 8.30. The number of likely N-dealkylation sites (N-methyl/N-ethyl adjacent to an activating group) is 1. The van der Waals surface area contributed by atoms with Crippen LogP contribution in [0.15, 0.2) is 66.7 Å². The largest absolute Gasteiger partial charge is 0.507 e. The van der Waals surface area contributed by atoms with Crippen molar-refractivity contribution in [2.24, 2.45) is 5.92 Å². The first-order valence-electron chi connectivity index (χ1n) is 16.2. The molecule has 1 fully saturated rings. The normalized spacial score (nSPS) is 15.2. The van der Waals surface area contributed by atoms with Gasteiger partial charge in [-0.1, -0.05) is 37.5 Å². The molecular weight excluding hydrogens is 635 g/mol. The minimum absolute atomic E-state index is 0.0936. The Morgan fingerprint density at radius 2 is 1.47 bits per heavy atom. The van der Waals surface area contributed by atoms with Crippen LogP contribution in [0.4, 0.5) is 10.1 Å². The van der Waals surface area contributed by atoms with Crippen molar-refractivity contribution in [2.45, 2.75) is 62.9 Å². The molecule has 1 saturated carbocycles. The Morgan fingerprint density at radius 1 is 0.898 bits per heavy atom. The van der Waals surface area contributed by atoms with Crippen LogP contribution < -0.4 is 10.2 Å². The number of carboxylic acids is 1. The van der Waals surface area contributed by atoms with Gasteiger partial charge in [-0.05, 0) is 86.5 Å². The Hall–Kier alpha value is -4.35. The average Bonchev–Trinajstić information content (AvgIpc) is 3.62. The molecule has 1 aliphatic rings. The number of carbonyl (C=O) groups is 2. The molecule has 8 N–H and O–H groups in total. The molecule has 1 aliphatic carbocycles. The summed E-state index contributed by atoms with van der Waals surface area (Å²) >= 11 is 0. The van der Waals surface area contributed by atoms with Crippen molar-refractivity contribution < 1.29 is 49.7 Å². The quantitative estimate of drug-likeness (QED) is 0.125. The van der Waals surface area contributed by atoms with E-state index in [1.807, 2.05) is 0 Å². The molecule has 1 amide bonds.